The monoisotopic (exact) mass is 300 g/mol. The fourth-order valence-corrected chi connectivity index (χ4v) is 2.48. The summed E-state index contributed by atoms with van der Waals surface area (Å²) < 4.78 is 0. The average molecular weight is 301 g/mol. The van der Waals surface area contributed by atoms with Gasteiger partial charge in [-0.25, -0.2) is 9.97 Å². The van der Waals surface area contributed by atoms with Gasteiger partial charge in [0.25, 0.3) is 0 Å². The molecule has 21 heavy (non-hydrogen) atoms. The Morgan fingerprint density at radius 1 is 1.24 bits per heavy atom. The Bertz CT molecular complexity index is 861. The molecule has 2 heterocycles. The molecule has 0 saturated heterocycles. The molecule has 0 atom stereocenters. The molecule has 0 fully saturated rings. The van der Waals surface area contributed by atoms with E-state index < -0.39 is 4.92 Å². The Labute approximate surface area is 124 Å². The third-order valence-electron chi connectivity index (χ3n) is 3.15. The lowest BCUT2D eigenvalue weighted by Gasteiger charge is -2.08. The van der Waals surface area contributed by atoms with E-state index in [4.69, 9.17) is 11.6 Å². The molecule has 0 unspecified atom stereocenters. The first-order valence-corrected chi connectivity index (χ1v) is 6.47. The fourth-order valence-electron chi connectivity index (χ4n) is 2.27. The largest absolute Gasteiger partial charge is 0.316 e. The maximum absolute atomic E-state index is 11.3. The van der Waals surface area contributed by atoms with Crippen molar-refractivity contribution in [2.45, 2.75) is 6.92 Å². The molecule has 0 aliphatic rings. The summed E-state index contributed by atoms with van der Waals surface area (Å²) in [5, 5.41) is 13.0. The van der Waals surface area contributed by atoms with Crippen molar-refractivity contribution in [3.63, 3.8) is 0 Å². The van der Waals surface area contributed by atoms with Gasteiger partial charge < -0.3 is 0 Å². The number of pyridine rings is 1. The van der Waals surface area contributed by atoms with Gasteiger partial charge in [-0.05, 0) is 30.0 Å². The zero-order chi connectivity index (χ0) is 15.0. The van der Waals surface area contributed by atoms with E-state index in [0.29, 0.717) is 5.56 Å². The Morgan fingerprint density at radius 2 is 2.05 bits per heavy atom. The Morgan fingerprint density at radius 3 is 2.81 bits per heavy atom. The minimum Gasteiger partial charge on any atom is -0.264 e. The predicted molar refractivity (Wildman–Crippen MR) is 79.2 cm³/mol. The molecule has 0 aliphatic carbocycles. The van der Waals surface area contributed by atoms with Crippen molar-refractivity contribution in [3.8, 4) is 11.3 Å². The number of halogens is 1. The molecule has 1 aromatic carbocycles. The minimum atomic E-state index is -0.485. The van der Waals surface area contributed by atoms with Crippen LogP contribution in [0.3, 0.4) is 0 Å². The zero-order valence-electron chi connectivity index (χ0n) is 10.9. The van der Waals surface area contributed by atoms with Crippen LogP contribution in [0.15, 0.2) is 36.7 Å². The molecule has 0 radical (unpaired) electrons. The van der Waals surface area contributed by atoms with Gasteiger partial charge in [-0.1, -0.05) is 18.2 Å². The first-order chi connectivity index (χ1) is 10.1. The van der Waals surface area contributed by atoms with Crippen LogP contribution in [-0.2, 0) is 0 Å². The Kier molecular flexibility index (Phi) is 3.23. The van der Waals surface area contributed by atoms with Gasteiger partial charge in [0.2, 0.25) is 5.28 Å². The summed E-state index contributed by atoms with van der Waals surface area (Å²) in [6.45, 7) is 1.54. The summed E-state index contributed by atoms with van der Waals surface area (Å²) in [4.78, 5) is 22.8. The molecule has 7 heteroatoms. The van der Waals surface area contributed by atoms with E-state index >= 15 is 0 Å². The molecule has 0 N–H and O–H groups in total. The first kappa shape index (κ1) is 13.4. The van der Waals surface area contributed by atoms with Crippen molar-refractivity contribution in [3.05, 3.63) is 57.8 Å². The van der Waals surface area contributed by atoms with Crippen molar-refractivity contribution >= 4 is 28.1 Å². The van der Waals surface area contributed by atoms with Gasteiger partial charge in [-0.3, -0.25) is 15.1 Å². The van der Waals surface area contributed by atoms with Crippen molar-refractivity contribution in [2.75, 3.05) is 0 Å². The number of hydrogen-bond acceptors (Lipinski definition) is 5. The molecule has 0 amide bonds. The van der Waals surface area contributed by atoms with E-state index in [9.17, 15) is 10.1 Å². The minimum absolute atomic E-state index is 0.0147. The molecule has 0 saturated carbocycles. The first-order valence-electron chi connectivity index (χ1n) is 6.09. The summed E-state index contributed by atoms with van der Waals surface area (Å²) >= 11 is 5.87. The lowest BCUT2D eigenvalue weighted by Crippen LogP contribution is -2.01. The van der Waals surface area contributed by atoms with E-state index in [1.54, 1.807) is 37.5 Å². The topological polar surface area (TPSA) is 81.8 Å². The van der Waals surface area contributed by atoms with Crippen molar-refractivity contribution in [1.82, 2.24) is 15.0 Å². The zero-order valence-corrected chi connectivity index (χ0v) is 11.7. The van der Waals surface area contributed by atoms with Gasteiger partial charge >= 0.3 is 5.69 Å². The summed E-state index contributed by atoms with van der Waals surface area (Å²) in [6.07, 6.45) is 3.33. The molecule has 6 nitrogen and oxygen atoms in total. The second-order valence-electron chi connectivity index (χ2n) is 4.43. The molecule has 0 spiro atoms. The molecule has 2 aromatic heterocycles. The van der Waals surface area contributed by atoms with Gasteiger partial charge in [0.05, 0.1) is 4.92 Å². The van der Waals surface area contributed by atoms with E-state index in [2.05, 4.69) is 15.0 Å². The van der Waals surface area contributed by atoms with Crippen LogP contribution in [0.25, 0.3) is 22.0 Å². The lowest BCUT2D eigenvalue weighted by atomic mass is 10.0. The number of benzene rings is 1. The van der Waals surface area contributed by atoms with Gasteiger partial charge in [0.15, 0.2) is 5.69 Å². The highest BCUT2D eigenvalue weighted by molar-refractivity contribution is 6.28. The van der Waals surface area contributed by atoms with Crippen molar-refractivity contribution in [2.24, 2.45) is 0 Å². The quantitative estimate of drug-likeness (QED) is 0.410. The number of nitrogens with zero attached hydrogens (tertiary/aromatic N) is 4. The van der Waals surface area contributed by atoms with Crippen LogP contribution in [0.1, 0.15) is 5.69 Å². The van der Waals surface area contributed by atoms with E-state index in [-0.39, 0.29) is 22.4 Å². The maximum Gasteiger partial charge on any atom is 0.316 e. The van der Waals surface area contributed by atoms with Crippen LogP contribution in [0.4, 0.5) is 5.69 Å². The van der Waals surface area contributed by atoms with Gasteiger partial charge in [0, 0.05) is 23.3 Å². The molecule has 0 aliphatic heterocycles. The number of nitro groups is 1. The van der Waals surface area contributed by atoms with Crippen LogP contribution in [0.5, 0.6) is 0 Å². The number of aryl methyl sites for hydroxylation is 1. The van der Waals surface area contributed by atoms with Crippen LogP contribution in [-0.4, -0.2) is 19.9 Å². The van der Waals surface area contributed by atoms with Crippen LogP contribution in [0.2, 0.25) is 5.28 Å². The summed E-state index contributed by atoms with van der Waals surface area (Å²) in [5.41, 5.74) is 0.952. The molecule has 0 bridgehead atoms. The molecule has 3 aromatic rings. The summed E-state index contributed by atoms with van der Waals surface area (Å²) in [7, 11) is 0. The second kappa shape index (κ2) is 5.06. The molecule has 3 rings (SSSR count). The Hall–Kier alpha value is -2.60. The highest BCUT2D eigenvalue weighted by Crippen LogP contribution is 2.35. The van der Waals surface area contributed by atoms with E-state index in [1.807, 2.05) is 6.07 Å². The van der Waals surface area contributed by atoms with Crippen LogP contribution in [0, 0.1) is 17.0 Å². The number of fused-ring (bicyclic) bond motifs is 1. The highest BCUT2D eigenvalue weighted by Gasteiger charge is 2.23. The second-order valence-corrected chi connectivity index (χ2v) is 4.77. The summed E-state index contributed by atoms with van der Waals surface area (Å²) in [6, 6.07) is 7.24. The van der Waals surface area contributed by atoms with Gasteiger partial charge in [0.1, 0.15) is 5.69 Å². The average Bonchev–Trinajstić information content (AvgIpc) is 2.45. The standard InChI is InChI=1S/C14H9ClN4O2/c1-8-13(19(20)21)12(18-14(15)17-8)11-4-2-3-9-7-16-6-5-10(9)11/h2-7H,1H3. The van der Waals surface area contributed by atoms with Crippen LogP contribution >= 0.6 is 11.6 Å². The SMILES string of the molecule is Cc1nc(Cl)nc(-c2cccc3cnccc23)c1[N+](=O)[O-]. The number of hydrogen-bond donors (Lipinski definition) is 0. The number of aromatic nitrogens is 3. The summed E-state index contributed by atoms with van der Waals surface area (Å²) in [5.74, 6) is 0. The third-order valence-corrected chi connectivity index (χ3v) is 3.32. The Balaban J connectivity index is 2.41. The van der Waals surface area contributed by atoms with Gasteiger partial charge in [-0.2, -0.15) is 0 Å². The normalized spacial score (nSPS) is 10.8. The molecular weight excluding hydrogens is 292 g/mol. The van der Waals surface area contributed by atoms with Gasteiger partial charge in [-0.15, -0.1) is 0 Å². The number of rotatable bonds is 2. The maximum atomic E-state index is 11.3. The lowest BCUT2D eigenvalue weighted by molar-refractivity contribution is -0.385. The molecular formula is C14H9ClN4O2. The molecule has 104 valence electrons. The van der Waals surface area contributed by atoms with E-state index in [1.165, 1.54) is 0 Å². The van der Waals surface area contributed by atoms with E-state index in [0.717, 1.165) is 10.8 Å². The predicted octanol–water partition coefficient (Wildman–Crippen LogP) is 3.56. The fraction of sp³-hybridized carbons (Fsp3) is 0.0714. The third kappa shape index (κ3) is 2.30. The van der Waals surface area contributed by atoms with Crippen LogP contribution < -0.4 is 0 Å². The van der Waals surface area contributed by atoms with Crippen molar-refractivity contribution in [1.29, 1.82) is 0 Å². The smallest absolute Gasteiger partial charge is 0.264 e. The van der Waals surface area contributed by atoms with Crippen molar-refractivity contribution < 1.29 is 4.92 Å². The highest BCUT2D eigenvalue weighted by atomic mass is 35.5.